The molecule has 0 aromatic heterocycles. The third kappa shape index (κ3) is 0.741. The molecule has 1 N–H and O–H groups in total. The summed E-state index contributed by atoms with van der Waals surface area (Å²) >= 11 is 0. The molecule has 52 valence electrons. The molecule has 2 rings (SSSR count). The summed E-state index contributed by atoms with van der Waals surface area (Å²) in [6.45, 7) is 0. The van der Waals surface area contributed by atoms with Crippen LogP contribution in [-0.4, -0.2) is 11.8 Å². The Balaban J connectivity index is 2.69. The normalized spacial score (nSPS) is 14.5. The Morgan fingerprint density at radius 1 is 1.00 bits per heavy atom. The first-order valence-corrected chi connectivity index (χ1v) is 3.07. The molecule has 3 nitrogen and oxygen atoms in total. The van der Waals surface area contributed by atoms with Gasteiger partial charge in [-0.3, -0.25) is 14.9 Å². The fraction of sp³-hybridized carbons (Fsp3) is 0. The summed E-state index contributed by atoms with van der Waals surface area (Å²) in [6.07, 6.45) is 0. The predicted octanol–water partition coefficient (Wildman–Crippen LogP) is 0.171. The number of hydrogen-bond acceptors (Lipinski definition) is 2. The number of carbonyl (C=O) groups is 2. The summed E-state index contributed by atoms with van der Waals surface area (Å²) in [5, 5.41) is 2.14. The number of benzene rings is 1. The molecule has 1 aromatic rings. The van der Waals surface area contributed by atoms with Crippen LogP contribution in [0.25, 0.3) is 0 Å². The van der Waals surface area contributed by atoms with Crippen molar-refractivity contribution in [3.63, 3.8) is 0 Å². The molecule has 0 fully saturated rings. The van der Waals surface area contributed by atoms with Crippen molar-refractivity contribution in [2.45, 2.75) is 0 Å². The van der Waals surface area contributed by atoms with Gasteiger partial charge >= 0.3 is 0 Å². The minimum absolute atomic E-state index is 0.289. The molecule has 0 aliphatic carbocycles. The van der Waals surface area contributed by atoms with Crippen molar-refractivity contribution in [2.75, 3.05) is 0 Å². The Morgan fingerprint density at radius 3 is 1.91 bits per heavy atom. The fourth-order valence-corrected chi connectivity index (χ4v) is 0.981. The number of carbonyl (C=O) groups excluding carboxylic acids is 2. The van der Waals surface area contributed by atoms with E-state index in [9.17, 15) is 9.59 Å². The second-order valence-electron chi connectivity index (χ2n) is 2.16. The van der Waals surface area contributed by atoms with E-state index in [1.807, 2.05) is 0 Å². The van der Waals surface area contributed by atoms with Crippen LogP contribution < -0.4 is 5.32 Å². The number of hydrogen-bond donors (Lipinski definition) is 1. The summed E-state index contributed by atoms with van der Waals surface area (Å²) in [4.78, 5) is 21.8. The highest BCUT2D eigenvalue weighted by molar-refractivity contribution is 6.21. The van der Waals surface area contributed by atoms with E-state index in [-0.39, 0.29) is 22.9 Å². The molecule has 2 amide bonds. The maximum absolute atomic E-state index is 10.9. The SMILES string of the molecule is O=C1NC(=O)c2[c]cc[c]c21. The van der Waals surface area contributed by atoms with Gasteiger partial charge in [0.2, 0.25) is 0 Å². The van der Waals surface area contributed by atoms with E-state index >= 15 is 0 Å². The second-order valence-corrected chi connectivity index (χ2v) is 2.16. The average Bonchev–Trinajstić information content (AvgIpc) is 2.30. The third-order valence-corrected chi connectivity index (χ3v) is 1.47. The molecule has 1 aliphatic rings. The molecule has 0 spiro atoms. The average molecular weight is 145 g/mol. The Labute approximate surface area is 63.0 Å². The Bertz CT molecular complexity index is 311. The van der Waals surface area contributed by atoms with Gasteiger partial charge < -0.3 is 0 Å². The van der Waals surface area contributed by atoms with Crippen molar-refractivity contribution in [1.82, 2.24) is 5.32 Å². The van der Waals surface area contributed by atoms with Crippen molar-refractivity contribution < 1.29 is 9.59 Å². The van der Waals surface area contributed by atoms with Gasteiger partial charge in [-0.15, -0.1) is 0 Å². The molecule has 0 saturated carbocycles. The lowest BCUT2D eigenvalue weighted by Crippen LogP contribution is -2.19. The van der Waals surface area contributed by atoms with Crippen molar-refractivity contribution in [1.29, 1.82) is 0 Å². The molecule has 0 unspecified atom stereocenters. The van der Waals surface area contributed by atoms with Crippen LogP contribution in [0.2, 0.25) is 0 Å². The number of rotatable bonds is 0. The first-order valence-electron chi connectivity index (χ1n) is 3.07. The monoisotopic (exact) mass is 145 g/mol. The Hall–Kier alpha value is -1.64. The molecule has 11 heavy (non-hydrogen) atoms. The molecule has 0 bridgehead atoms. The van der Waals surface area contributed by atoms with Crippen molar-refractivity contribution in [3.8, 4) is 0 Å². The van der Waals surface area contributed by atoms with Gasteiger partial charge in [0.15, 0.2) is 0 Å². The fourth-order valence-electron chi connectivity index (χ4n) is 0.981. The van der Waals surface area contributed by atoms with E-state index < -0.39 is 0 Å². The van der Waals surface area contributed by atoms with Gasteiger partial charge in [0.05, 0.1) is 11.1 Å². The molecule has 0 saturated heterocycles. The lowest BCUT2D eigenvalue weighted by molar-refractivity contribution is 0.0879. The zero-order valence-corrected chi connectivity index (χ0v) is 5.47. The number of imide groups is 1. The summed E-state index contributed by atoms with van der Waals surface area (Å²) in [6, 6.07) is 8.43. The van der Waals surface area contributed by atoms with E-state index in [0.29, 0.717) is 0 Å². The van der Waals surface area contributed by atoms with E-state index in [1.54, 1.807) is 12.1 Å². The van der Waals surface area contributed by atoms with Gasteiger partial charge in [0, 0.05) is 0 Å². The quantitative estimate of drug-likeness (QED) is 0.529. The van der Waals surface area contributed by atoms with Gasteiger partial charge in [0.25, 0.3) is 11.8 Å². The molecule has 1 aromatic carbocycles. The summed E-state index contributed by atoms with van der Waals surface area (Å²) in [5.74, 6) is -0.774. The van der Waals surface area contributed by atoms with Crippen molar-refractivity contribution >= 4 is 11.8 Å². The summed E-state index contributed by atoms with van der Waals surface area (Å²) < 4.78 is 0. The molecular formula is C8H3NO2. The molecular weight excluding hydrogens is 142 g/mol. The van der Waals surface area contributed by atoms with E-state index in [4.69, 9.17) is 0 Å². The summed E-state index contributed by atoms with van der Waals surface area (Å²) in [7, 11) is 0. The minimum Gasteiger partial charge on any atom is -0.288 e. The van der Waals surface area contributed by atoms with Crippen molar-refractivity contribution in [2.24, 2.45) is 0 Å². The number of fused-ring (bicyclic) bond motifs is 1. The number of amides is 2. The molecule has 0 atom stereocenters. The lowest BCUT2D eigenvalue weighted by atomic mass is 10.1. The van der Waals surface area contributed by atoms with E-state index in [2.05, 4.69) is 17.4 Å². The maximum Gasteiger partial charge on any atom is 0.259 e. The van der Waals surface area contributed by atoms with Gasteiger partial charge in [-0.05, 0) is 12.1 Å². The number of nitrogens with one attached hydrogen (secondary N) is 1. The van der Waals surface area contributed by atoms with Crippen LogP contribution in [0.5, 0.6) is 0 Å². The largest absolute Gasteiger partial charge is 0.288 e. The maximum atomic E-state index is 10.9. The molecule has 1 heterocycles. The van der Waals surface area contributed by atoms with Crippen LogP contribution in [0, 0.1) is 12.1 Å². The van der Waals surface area contributed by atoms with Crippen LogP contribution in [0.4, 0.5) is 0 Å². The second kappa shape index (κ2) is 1.92. The lowest BCUT2D eigenvalue weighted by Gasteiger charge is -1.86. The third-order valence-electron chi connectivity index (χ3n) is 1.47. The predicted molar refractivity (Wildman–Crippen MR) is 35.9 cm³/mol. The van der Waals surface area contributed by atoms with Crippen molar-refractivity contribution in [3.05, 3.63) is 35.4 Å². The van der Waals surface area contributed by atoms with Gasteiger partial charge in [-0.2, -0.15) is 0 Å². The zero-order valence-electron chi connectivity index (χ0n) is 5.47. The highest BCUT2D eigenvalue weighted by Crippen LogP contribution is 2.12. The Kier molecular flexibility index (Phi) is 1.06. The van der Waals surface area contributed by atoms with Crippen LogP contribution in [0.1, 0.15) is 20.7 Å². The molecule has 1 aliphatic heterocycles. The van der Waals surface area contributed by atoms with E-state index in [0.717, 1.165) is 0 Å². The minimum atomic E-state index is -0.387. The van der Waals surface area contributed by atoms with Crippen LogP contribution in [0.3, 0.4) is 0 Å². The molecule has 3 heteroatoms. The first kappa shape index (κ1) is 6.09. The van der Waals surface area contributed by atoms with Gasteiger partial charge in [0.1, 0.15) is 0 Å². The van der Waals surface area contributed by atoms with Crippen LogP contribution in [0.15, 0.2) is 12.1 Å². The van der Waals surface area contributed by atoms with Gasteiger partial charge in [-0.1, -0.05) is 12.1 Å². The van der Waals surface area contributed by atoms with Crippen LogP contribution >= 0.6 is 0 Å². The summed E-state index contributed by atoms with van der Waals surface area (Å²) in [5.41, 5.74) is 0.579. The van der Waals surface area contributed by atoms with Gasteiger partial charge in [-0.25, -0.2) is 0 Å². The smallest absolute Gasteiger partial charge is 0.259 e. The Morgan fingerprint density at radius 2 is 1.45 bits per heavy atom. The molecule has 2 radical (unpaired) electrons. The topological polar surface area (TPSA) is 46.2 Å². The highest BCUT2D eigenvalue weighted by atomic mass is 16.2. The standard InChI is InChI=1S/C8H3NO2/c10-7-5-3-1-2-4-6(5)8(11)9-7/h1-2H,(H,9,10,11). The van der Waals surface area contributed by atoms with E-state index in [1.165, 1.54) is 0 Å². The zero-order chi connectivity index (χ0) is 7.84. The van der Waals surface area contributed by atoms with Crippen LogP contribution in [-0.2, 0) is 0 Å². The highest BCUT2D eigenvalue weighted by Gasteiger charge is 2.25. The first-order chi connectivity index (χ1) is 5.29.